The minimum absolute atomic E-state index is 0.455. The predicted molar refractivity (Wildman–Crippen MR) is 82.2 cm³/mol. The monoisotopic (exact) mass is 275 g/mol. The topological polar surface area (TPSA) is 21.3 Å². The maximum absolute atomic E-state index is 5.38. The standard InChI is InChI=1S/C16H21NOS/c1-13(17-10-9-15-7-5-11-19-15)12-14-6-3-4-8-16(14)18-2/h3-8,11,13,17H,9-10,12H2,1-2H3. The van der Waals surface area contributed by atoms with Crippen LogP contribution in [0.25, 0.3) is 0 Å². The van der Waals surface area contributed by atoms with Crippen LogP contribution >= 0.6 is 11.3 Å². The first-order chi connectivity index (χ1) is 9.29. The SMILES string of the molecule is COc1ccccc1CC(C)NCCc1cccs1. The molecular weight excluding hydrogens is 254 g/mol. The van der Waals surface area contributed by atoms with Crippen molar-refractivity contribution >= 4 is 11.3 Å². The molecule has 0 fully saturated rings. The molecule has 2 rings (SSSR count). The molecule has 1 heterocycles. The Kier molecular flexibility index (Phi) is 5.43. The number of methoxy groups -OCH3 is 1. The molecule has 2 aromatic rings. The second-order valence-electron chi connectivity index (χ2n) is 4.70. The lowest BCUT2D eigenvalue weighted by atomic mass is 10.1. The highest BCUT2D eigenvalue weighted by atomic mass is 32.1. The van der Waals surface area contributed by atoms with Crippen molar-refractivity contribution in [1.82, 2.24) is 5.32 Å². The first-order valence-corrected chi connectivity index (χ1v) is 7.55. The van der Waals surface area contributed by atoms with E-state index in [1.807, 2.05) is 23.5 Å². The minimum atomic E-state index is 0.455. The lowest BCUT2D eigenvalue weighted by molar-refractivity contribution is 0.406. The van der Waals surface area contributed by atoms with Gasteiger partial charge in [0, 0.05) is 17.5 Å². The molecule has 0 aliphatic carbocycles. The van der Waals surface area contributed by atoms with Crippen LogP contribution in [0.15, 0.2) is 41.8 Å². The van der Waals surface area contributed by atoms with Gasteiger partial charge in [0.05, 0.1) is 7.11 Å². The number of thiophene rings is 1. The first-order valence-electron chi connectivity index (χ1n) is 6.67. The van der Waals surface area contributed by atoms with Crippen molar-refractivity contribution in [2.24, 2.45) is 0 Å². The van der Waals surface area contributed by atoms with Crippen LogP contribution in [0.1, 0.15) is 17.4 Å². The molecule has 2 nitrogen and oxygen atoms in total. The van der Waals surface area contributed by atoms with E-state index in [0.29, 0.717) is 6.04 Å². The van der Waals surface area contributed by atoms with E-state index in [-0.39, 0.29) is 0 Å². The molecule has 0 saturated heterocycles. The van der Waals surface area contributed by atoms with Crippen LogP contribution in [0.4, 0.5) is 0 Å². The summed E-state index contributed by atoms with van der Waals surface area (Å²) in [5.41, 5.74) is 1.26. The Morgan fingerprint density at radius 1 is 1.21 bits per heavy atom. The number of benzene rings is 1. The van der Waals surface area contributed by atoms with Crippen molar-refractivity contribution in [1.29, 1.82) is 0 Å². The van der Waals surface area contributed by atoms with Gasteiger partial charge in [0.1, 0.15) is 5.75 Å². The summed E-state index contributed by atoms with van der Waals surface area (Å²) in [6.07, 6.45) is 2.10. The van der Waals surface area contributed by atoms with Gasteiger partial charge in [-0.05, 0) is 42.8 Å². The van der Waals surface area contributed by atoms with E-state index in [0.717, 1.165) is 25.1 Å². The van der Waals surface area contributed by atoms with Gasteiger partial charge in [-0.15, -0.1) is 11.3 Å². The summed E-state index contributed by atoms with van der Waals surface area (Å²) in [6.45, 7) is 3.25. The van der Waals surface area contributed by atoms with Gasteiger partial charge in [0.2, 0.25) is 0 Å². The van der Waals surface area contributed by atoms with Gasteiger partial charge in [-0.3, -0.25) is 0 Å². The van der Waals surface area contributed by atoms with E-state index in [4.69, 9.17) is 4.74 Å². The third-order valence-electron chi connectivity index (χ3n) is 3.16. The first kappa shape index (κ1) is 14.1. The predicted octanol–water partition coefficient (Wildman–Crippen LogP) is 3.52. The van der Waals surface area contributed by atoms with Gasteiger partial charge in [-0.1, -0.05) is 24.3 Å². The summed E-state index contributed by atoms with van der Waals surface area (Å²) >= 11 is 1.82. The minimum Gasteiger partial charge on any atom is -0.496 e. The summed E-state index contributed by atoms with van der Waals surface area (Å²) in [5.74, 6) is 0.981. The van der Waals surface area contributed by atoms with Crippen LogP contribution in [-0.4, -0.2) is 19.7 Å². The van der Waals surface area contributed by atoms with Crippen LogP contribution in [0.3, 0.4) is 0 Å². The molecule has 102 valence electrons. The van der Waals surface area contributed by atoms with Crippen molar-refractivity contribution in [2.75, 3.05) is 13.7 Å². The maximum atomic E-state index is 5.38. The van der Waals surface area contributed by atoms with Gasteiger partial charge in [0.15, 0.2) is 0 Å². The Bertz CT molecular complexity index is 481. The molecule has 19 heavy (non-hydrogen) atoms. The Hall–Kier alpha value is -1.32. The van der Waals surface area contributed by atoms with E-state index < -0.39 is 0 Å². The van der Waals surface area contributed by atoms with Gasteiger partial charge in [-0.25, -0.2) is 0 Å². The second kappa shape index (κ2) is 7.31. The van der Waals surface area contributed by atoms with Crippen molar-refractivity contribution in [3.63, 3.8) is 0 Å². The molecule has 0 radical (unpaired) electrons. The Balaban J connectivity index is 1.79. The van der Waals surface area contributed by atoms with E-state index in [1.165, 1.54) is 10.4 Å². The molecule has 1 unspecified atom stereocenters. The van der Waals surface area contributed by atoms with E-state index in [1.54, 1.807) is 7.11 Å². The smallest absolute Gasteiger partial charge is 0.122 e. The normalized spacial score (nSPS) is 12.3. The molecule has 0 amide bonds. The second-order valence-corrected chi connectivity index (χ2v) is 5.73. The summed E-state index contributed by atoms with van der Waals surface area (Å²) in [6, 6.07) is 13.0. The molecule has 0 aliphatic rings. The highest BCUT2D eigenvalue weighted by molar-refractivity contribution is 7.09. The van der Waals surface area contributed by atoms with Gasteiger partial charge in [-0.2, -0.15) is 0 Å². The van der Waals surface area contributed by atoms with Crippen LogP contribution in [0, 0.1) is 0 Å². The Labute approximate surface area is 119 Å². The molecule has 1 atom stereocenters. The van der Waals surface area contributed by atoms with Crippen molar-refractivity contribution < 1.29 is 4.74 Å². The lowest BCUT2D eigenvalue weighted by Gasteiger charge is -2.15. The molecule has 1 aromatic carbocycles. The number of hydrogen-bond donors (Lipinski definition) is 1. The average molecular weight is 275 g/mol. The van der Waals surface area contributed by atoms with Crippen molar-refractivity contribution in [3.05, 3.63) is 52.2 Å². The fourth-order valence-corrected chi connectivity index (χ4v) is 2.88. The molecule has 0 saturated carbocycles. The Morgan fingerprint density at radius 3 is 2.79 bits per heavy atom. The number of rotatable bonds is 7. The summed E-state index contributed by atoms with van der Waals surface area (Å²) in [5, 5.41) is 5.70. The number of ether oxygens (including phenoxy) is 1. The molecule has 1 N–H and O–H groups in total. The Morgan fingerprint density at radius 2 is 2.05 bits per heavy atom. The van der Waals surface area contributed by atoms with E-state index >= 15 is 0 Å². The van der Waals surface area contributed by atoms with Crippen LogP contribution in [-0.2, 0) is 12.8 Å². The van der Waals surface area contributed by atoms with E-state index in [9.17, 15) is 0 Å². The highest BCUT2D eigenvalue weighted by Crippen LogP contribution is 2.18. The summed E-state index contributed by atoms with van der Waals surface area (Å²) in [7, 11) is 1.73. The zero-order valence-corrected chi connectivity index (χ0v) is 12.4. The third kappa shape index (κ3) is 4.37. The maximum Gasteiger partial charge on any atom is 0.122 e. The molecule has 0 bridgehead atoms. The van der Waals surface area contributed by atoms with Gasteiger partial charge < -0.3 is 10.1 Å². The van der Waals surface area contributed by atoms with Crippen LogP contribution in [0.5, 0.6) is 5.75 Å². The zero-order chi connectivity index (χ0) is 13.5. The fourth-order valence-electron chi connectivity index (χ4n) is 2.17. The molecule has 0 spiro atoms. The van der Waals surface area contributed by atoms with Gasteiger partial charge in [0.25, 0.3) is 0 Å². The lowest BCUT2D eigenvalue weighted by Crippen LogP contribution is -2.29. The highest BCUT2D eigenvalue weighted by Gasteiger charge is 2.07. The van der Waals surface area contributed by atoms with Crippen LogP contribution in [0.2, 0.25) is 0 Å². The number of hydrogen-bond acceptors (Lipinski definition) is 3. The molecule has 1 aromatic heterocycles. The number of para-hydroxylation sites is 1. The van der Waals surface area contributed by atoms with E-state index in [2.05, 4.69) is 41.9 Å². The van der Waals surface area contributed by atoms with Gasteiger partial charge >= 0.3 is 0 Å². The average Bonchev–Trinajstić information content (AvgIpc) is 2.92. The summed E-state index contributed by atoms with van der Waals surface area (Å²) in [4.78, 5) is 1.44. The molecular formula is C16H21NOS. The molecule has 0 aliphatic heterocycles. The summed E-state index contributed by atoms with van der Waals surface area (Å²) < 4.78 is 5.38. The van der Waals surface area contributed by atoms with Crippen molar-refractivity contribution in [2.45, 2.75) is 25.8 Å². The number of nitrogens with one attached hydrogen (secondary N) is 1. The fraction of sp³-hybridized carbons (Fsp3) is 0.375. The van der Waals surface area contributed by atoms with Crippen molar-refractivity contribution in [3.8, 4) is 5.75 Å². The third-order valence-corrected chi connectivity index (χ3v) is 4.10. The van der Waals surface area contributed by atoms with Crippen LogP contribution < -0.4 is 10.1 Å². The largest absolute Gasteiger partial charge is 0.496 e. The zero-order valence-electron chi connectivity index (χ0n) is 11.6. The molecule has 3 heteroatoms. The quantitative estimate of drug-likeness (QED) is 0.835.